The molecule has 0 unspecified atom stereocenters. The van der Waals surface area contributed by atoms with E-state index in [9.17, 15) is 18.0 Å². The zero-order chi connectivity index (χ0) is 28.8. The summed E-state index contributed by atoms with van der Waals surface area (Å²) in [6, 6.07) is 22.2. The molecule has 0 spiro atoms. The topological polar surface area (TPSA) is 86.8 Å². The molecular weight excluding hydrogens is 510 g/mol. The fraction of sp³-hybridized carbons (Fsp3) is 0.355. The fourth-order valence-corrected chi connectivity index (χ4v) is 5.87. The van der Waals surface area contributed by atoms with Gasteiger partial charge in [-0.15, -0.1) is 0 Å². The van der Waals surface area contributed by atoms with Crippen molar-refractivity contribution in [2.75, 3.05) is 10.8 Å². The Morgan fingerprint density at radius 2 is 1.49 bits per heavy atom. The molecule has 0 saturated heterocycles. The van der Waals surface area contributed by atoms with E-state index in [1.54, 1.807) is 24.3 Å². The molecule has 0 fully saturated rings. The first-order valence-electron chi connectivity index (χ1n) is 13.1. The van der Waals surface area contributed by atoms with Crippen LogP contribution in [0.5, 0.6) is 0 Å². The summed E-state index contributed by atoms with van der Waals surface area (Å²) in [5.74, 6) is -0.742. The van der Waals surface area contributed by atoms with Gasteiger partial charge in [-0.3, -0.25) is 13.9 Å². The zero-order valence-corrected chi connectivity index (χ0v) is 24.5. The summed E-state index contributed by atoms with van der Waals surface area (Å²) >= 11 is 0. The number of carbonyl (C=O) groups excluding carboxylic acids is 2. The van der Waals surface area contributed by atoms with Crippen LogP contribution in [0.15, 0.2) is 83.8 Å². The number of rotatable bonds is 10. The molecule has 8 heteroatoms. The lowest BCUT2D eigenvalue weighted by atomic mass is 10.1. The average Bonchev–Trinajstić information content (AvgIpc) is 2.88. The van der Waals surface area contributed by atoms with Gasteiger partial charge < -0.3 is 10.2 Å². The van der Waals surface area contributed by atoms with Gasteiger partial charge in [0.05, 0.1) is 10.6 Å². The molecule has 0 aromatic heterocycles. The zero-order valence-electron chi connectivity index (χ0n) is 23.6. The van der Waals surface area contributed by atoms with Crippen molar-refractivity contribution in [1.82, 2.24) is 10.2 Å². The molecule has 0 saturated carbocycles. The Balaban J connectivity index is 2.09. The summed E-state index contributed by atoms with van der Waals surface area (Å²) in [7, 11) is -4.09. The maximum absolute atomic E-state index is 14.1. The second-order valence-electron chi connectivity index (χ2n) is 10.8. The summed E-state index contributed by atoms with van der Waals surface area (Å²) in [6.07, 6.45) is 0.370. The van der Waals surface area contributed by atoms with Gasteiger partial charge >= 0.3 is 0 Å². The predicted molar refractivity (Wildman–Crippen MR) is 156 cm³/mol. The lowest BCUT2D eigenvalue weighted by molar-refractivity contribution is -0.141. The second-order valence-corrected chi connectivity index (χ2v) is 12.6. The fourth-order valence-electron chi connectivity index (χ4n) is 4.37. The third-order valence-corrected chi connectivity index (χ3v) is 8.10. The van der Waals surface area contributed by atoms with Crippen LogP contribution in [0.2, 0.25) is 0 Å². The van der Waals surface area contributed by atoms with Crippen LogP contribution < -0.4 is 9.62 Å². The summed E-state index contributed by atoms with van der Waals surface area (Å²) in [5, 5.41) is 2.98. The number of hydrogen-bond acceptors (Lipinski definition) is 4. The lowest BCUT2D eigenvalue weighted by Crippen LogP contribution is -2.55. The van der Waals surface area contributed by atoms with Crippen molar-refractivity contribution in [3.63, 3.8) is 0 Å². The Kier molecular flexibility index (Phi) is 9.56. The quantitative estimate of drug-likeness (QED) is 0.376. The van der Waals surface area contributed by atoms with Gasteiger partial charge in [0.25, 0.3) is 10.0 Å². The highest BCUT2D eigenvalue weighted by atomic mass is 32.2. The van der Waals surface area contributed by atoms with E-state index >= 15 is 0 Å². The number of nitrogens with zero attached hydrogens (tertiary/aromatic N) is 2. The molecule has 0 aliphatic rings. The Labute approximate surface area is 232 Å². The van der Waals surface area contributed by atoms with Crippen molar-refractivity contribution >= 4 is 27.5 Å². The van der Waals surface area contributed by atoms with E-state index in [0.29, 0.717) is 12.1 Å². The van der Waals surface area contributed by atoms with E-state index in [0.717, 1.165) is 16.7 Å². The van der Waals surface area contributed by atoms with E-state index in [-0.39, 0.29) is 17.3 Å². The van der Waals surface area contributed by atoms with Crippen LogP contribution in [0, 0.1) is 13.8 Å². The number of benzene rings is 3. The first kappa shape index (κ1) is 29.9. The highest BCUT2D eigenvalue weighted by Crippen LogP contribution is 2.28. The number of sulfonamides is 1. The maximum Gasteiger partial charge on any atom is 0.264 e. The van der Waals surface area contributed by atoms with Crippen molar-refractivity contribution in [2.45, 2.75) is 71.0 Å². The molecule has 1 N–H and O–H groups in total. The Morgan fingerprint density at radius 3 is 2.05 bits per heavy atom. The highest BCUT2D eigenvalue weighted by molar-refractivity contribution is 7.92. The molecule has 3 rings (SSSR count). The van der Waals surface area contributed by atoms with Crippen LogP contribution in [-0.4, -0.2) is 43.3 Å². The molecule has 7 nitrogen and oxygen atoms in total. The SMILES string of the molecule is CC[C@@H](C(=O)NC(C)(C)C)N(Cc1ccccc1)C(=O)CN(c1cc(C)ccc1C)S(=O)(=O)c1ccccc1. The van der Waals surface area contributed by atoms with Gasteiger partial charge in [0.15, 0.2) is 0 Å². The molecule has 0 heterocycles. The lowest BCUT2D eigenvalue weighted by Gasteiger charge is -2.35. The number of amides is 2. The van der Waals surface area contributed by atoms with Gasteiger partial charge in [0.1, 0.15) is 12.6 Å². The second kappa shape index (κ2) is 12.5. The number of aryl methyl sites for hydroxylation is 2. The number of nitrogens with one attached hydrogen (secondary N) is 1. The van der Waals surface area contributed by atoms with E-state index < -0.39 is 34.1 Å². The molecule has 208 valence electrons. The minimum absolute atomic E-state index is 0.0887. The Morgan fingerprint density at radius 1 is 0.897 bits per heavy atom. The van der Waals surface area contributed by atoms with Crippen molar-refractivity contribution < 1.29 is 18.0 Å². The van der Waals surface area contributed by atoms with Crippen molar-refractivity contribution in [2.24, 2.45) is 0 Å². The van der Waals surface area contributed by atoms with E-state index in [1.165, 1.54) is 21.3 Å². The molecule has 0 radical (unpaired) electrons. The van der Waals surface area contributed by atoms with Gasteiger partial charge in [0.2, 0.25) is 11.8 Å². The van der Waals surface area contributed by atoms with E-state index in [4.69, 9.17) is 0 Å². The molecule has 0 bridgehead atoms. The molecule has 39 heavy (non-hydrogen) atoms. The monoisotopic (exact) mass is 549 g/mol. The molecular formula is C31H39N3O4S. The summed E-state index contributed by atoms with van der Waals surface area (Å²) in [6.45, 7) is 10.9. The summed E-state index contributed by atoms with van der Waals surface area (Å²) < 4.78 is 29.1. The van der Waals surface area contributed by atoms with E-state index in [2.05, 4.69) is 5.32 Å². The largest absolute Gasteiger partial charge is 0.350 e. The van der Waals surface area contributed by atoms with Crippen LogP contribution in [0.4, 0.5) is 5.69 Å². The molecule has 2 amide bonds. The van der Waals surface area contributed by atoms with Gasteiger partial charge in [-0.05, 0) is 75.9 Å². The number of anilines is 1. The van der Waals surface area contributed by atoms with Gasteiger partial charge in [-0.1, -0.05) is 67.6 Å². The van der Waals surface area contributed by atoms with E-state index in [1.807, 2.05) is 84.0 Å². The minimum atomic E-state index is -4.09. The third kappa shape index (κ3) is 7.69. The molecule has 3 aromatic rings. The van der Waals surface area contributed by atoms with Crippen LogP contribution >= 0.6 is 0 Å². The molecule has 3 aromatic carbocycles. The number of hydrogen-bond donors (Lipinski definition) is 1. The van der Waals surface area contributed by atoms with Crippen molar-refractivity contribution in [1.29, 1.82) is 0 Å². The van der Waals surface area contributed by atoms with Gasteiger partial charge in [-0.2, -0.15) is 0 Å². The summed E-state index contributed by atoms with van der Waals surface area (Å²) in [5.41, 5.74) is 2.37. The Hall–Kier alpha value is -3.65. The minimum Gasteiger partial charge on any atom is -0.350 e. The highest BCUT2D eigenvalue weighted by Gasteiger charge is 2.35. The first-order valence-corrected chi connectivity index (χ1v) is 14.6. The standard InChI is InChI=1S/C31H39N3O4S/c1-7-27(30(36)32-31(4,5)6)33(21-25-14-10-8-11-15-25)29(35)22-34(28-20-23(2)18-19-24(28)3)39(37,38)26-16-12-9-13-17-26/h8-20,27H,7,21-22H2,1-6H3,(H,32,36)/t27-/m0/s1. The van der Waals surface area contributed by atoms with Crippen LogP contribution in [-0.2, 0) is 26.2 Å². The molecule has 0 aliphatic heterocycles. The number of carbonyl (C=O) groups is 2. The maximum atomic E-state index is 14.1. The summed E-state index contributed by atoms with van der Waals surface area (Å²) in [4.78, 5) is 29.1. The molecule has 0 aliphatic carbocycles. The third-order valence-electron chi connectivity index (χ3n) is 6.32. The van der Waals surface area contributed by atoms with Crippen molar-refractivity contribution in [3.05, 3.63) is 95.6 Å². The smallest absolute Gasteiger partial charge is 0.264 e. The first-order chi connectivity index (χ1) is 18.3. The van der Waals surface area contributed by atoms with Crippen LogP contribution in [0.1, 0.15) is 50.8 Å². The van der Waals surface area contributed by atoms with Crippen LogP contribution in [0.3, 0.4) is 0 Å². The van der Waals surface area contributed by atoms with Crippen LogP contribution in [0.25, 0.3) is 0 Å². The molecule has 1 atom stereocenters. The van der Waals surface area contributed by atoms with Gasteiger partial charge in [0, 0.05) is 12.1 Å². The van der Waals surface area contributed by atoms with Crippen molar-refractivity contribution in [3.8, 4) is 0 Å². The normalized spacial score (nSPS) is 12.5. The van der Waals surface area contributed by atoms with Gasteiger partial charge in [-0.25, -0.2) is 8.42 Å². The predicted octanol–water partition coefficient (Wildman–Crippen LogP) is 5.22. The average molecular weight is 550 g/mol. The Bertz CT molecular complexity index is 1380.